The maximum Gasteiger partial charge on any atom is 0.265 e. The van der Waals surface area contributed by atoms with Crippen molar-refractivity contribution >= 4 is 17.3 Å². The van der Waals surface area contributed by atoms with E-state index in [1.807, 2.05) is 30.3 Å². The number of morpholine rings is 1. The lowest BCUT2D eigenvalue weighted by Crippen LogP contribution is -2.36. The summed E-state index contributed by atoms with van der Waals surface area (Å²) in [6, 6.07) is 16.5. The van der Waals surface area contributed by atoms with E-state index in [-0.39, 0.29) is 5.91 Å². The van der Waals surface area contributed by atoms with Gasteiger partial charge < -0.3 is 19.7 Å². The molecule has 0 aromatic heterocycles. The molecule has 2 aromatic carbocycles. The van der Waals surface area contributed by atoms with Crippen LogP contribution in [0.3, 0.4) is 0 Å². The fraction of sp³-hybridized carbons (Fsp3) is 0.300. The number of benzene rings is 2. The quantitative estimate of drug-likeness (QED) is 0.897. The Kier molecular flexibility index (Phi) is 5.72. The van der Waals surface area contributed by atoms with Crippen molar-refractivity contribution in [2.24, 2.45) is 0 Å². The molecule has 0 saturated carbocycles. The van der Waals surface area contributed by atoms with Crippen molar-refractivity contribution in [1.29, 1.82) is 5.26 Å². The van der Waals surface area contributed by atoms with Gasteiger partial charge in [-0.1, -0.05) is 6.07 Å². The van der Waals surface area contributed by atoms with Crippen LogP contribution >= 0.6 is 0 Å². The average molecular weight is 351 g/mol. The first-order valence-electron chi connectivity index (χ1n) is 8.56. The average Bonchev–Trinajstić information content (AvgIpc) is 2.69. The molecular weight excluding hydrogens is 330 g/mol. The molecular formula is C20H21N3O3. The highest BCUT2D eigenvalue weighted by Crippen LogP contribution is 2.20. The van der Waals surface area contributed by atoms with Crippen LogP contribution in [0.1, 0.15) is 12.5 Å². The molecule has 0 radical (unpaired) electrons. The lowest BCUT2D eigenvalue weighted by Gasteiger charge is -2.29. The largest absolute Gasteiger partial charge is 0.481 e. The van der Waals surface area contributed by atoms with Gasteiger partial charge in [-0.25, -0.2) is 0 Å². The van der Waals surface area contributed by atoms with Gasteiger partial charge in [-0.05, 0) is 49.4 Å². The lowest BCUT2D eigenvalue weighted by molar-refractivity contribution is -0.122. The van der Waals surface area contributed by atoms with E-state index < -0.39 is 6.10 Å². The third kappa shape index (κ3) is 4.52. The first-order valence-corrected chi connectivity index (χ1v) is 8.56. The van der Waals surface area contributed by atoms with E-state index in [0.29, 0.717) is 17.0 Å². The molecule has 0 unspecified atom stereocenters. The van der Waals surface area contributed by atoms with Gasteiger partial charge in [0.25, 0.3) is 5.91 Å². The topological polar surface area (TPSA) is 74.6 Å². The van der Waals surface area contributed by atoms with Crippen molar-refractivity contribution in [3.8, 4) is 11.8 Å². The number of nitriles is 1. The summed E-state index contributed by atoms with van der Waals surface area (Å²) < 4.78 is 11.0. The third-order valence-corrected chi connectivity index (χ3v) is 4.16. The maximum atomic E-state index is 12.3. The zero-order chi connectivity index (χ0) is 18.4. The highest BCUT2D eigenvalue weighted by atomic mass is 16.5. The van der Waals surface area contributed by atoms with Gasteiger partial charge in [0.15, 0.2) is 6.10 Å². The highest BCUT2D eigenvalue weighted by Gasteiger charge is 2.16. The molecule has 1 heterocycles. The Balaban J connectivity index is 1.57. The van der Waals surface area contributed by atoms with E-state index in [4.69, 9.17) is 14.7 Å². The number of hydrogen-bond acceptors (Lipinski definition) is 5. The monoisotopic (exact) mass is 351 g/mol. The minimum Gasteiger partial charge on any atom is -0.481 e. The summed E-state index contributed by atoms with van der Waals surface area (Å²) in [5.41, 5.74) is 2.32. The van der Waals surface area contributed by atoms with E-state index in [2.05, 4.69) is 10.2 Å². The van der Waals surface area contributed by atoms with E-state index in [9.17, 15) is 4.79 Å². The number of anilines is 2. The summed E-state index contributed by atoms with van der Waals surface area (Å²) in [6.07, 6.45) is -0.678. The fourth-order valence-corrected chi connectivity index (χ4v) is 2.72. The van der Waals surface area contributed by atoms with E-state index in [1.165, 1.54) is 0 Å². The van der Waals surface area contributed by atoms with Crippen molar-refractivity contribution in [1.82, 2.24) is 0 Å². The van der Waals surface area contributed by atoms with Crippen molar-refractivity contribution in [2.75, 3.05) is 36.5 Å². The van der Waals surface area contributed by atoms with Gasteiger partial charge in [0.1, 0.15) is 5.75 Å². The second-order valence-corrected chi connectivity index (χ2v) is 6.04. The molecule has 1 fully saturated rings. The predicted octanol–water partition coefficient (Wildman–Crippen LogP) is 2.80. The van der Waals surface area contributed by atoms with Gasteiger partial charge in [-0.3, -0.25) is 4.79 Å². The predicted molar refractivity (Wildman–Crippen MR) is 99.4 cm³/mol. The van der Waals surface area contributed by atoms with Crippen LogP contribution in [0, 0.1) is 11.3 Å². The number of amides is 1. The number of hydrogen-bond donors (Lipinski definition) is 1. The van der Waals surface area contributed by atoms with Crippen molar-refractivity contribution in [3.63, 3.8) is 0 Å². The van der Waals surface area contributed by atoms with E-state index in [0.717, 1.165) is 32.0 Å². The smallest absolute Gasteiger partial charge is 0.265 e. The number of nitrogens with one attached hydrogen (secondary N) is 1. The summed E-state index contributed by atoms with van der Waals surface area (Å²) >= 11 is 0. The van der Waals surface area contributed by atoms with Gasteiger partial charge in [0.2, 0.25) is 0 Å². The third-order valence-electron chi connectivity index (χ3n) is 4.16. The zero-order valence-electron chi connectivity index (χ0n) is 14.6. The molecule has 1 aliphatic heterocycles. The Bertz CT molecular complexity index is 793. The van der Waals surface area contributed by atoms with Crippen LogP contribution in [0.25, 0.3) is 0 Å². The summed E-state index contributed by atoms with van der Waals surface area (Å²) in [4.78, 5) is 14.6. The second kappa shape index (κ2) is 8.37. The Morgan fingerprint density at radius 1 is 1.23 bits per heavy atom. The molecule has 2 aromatic rings. The van der Waals surface area contributed by atoms with Gasteiger partial charge in [-0.2, -0.15) is 5.26 Å². The van der Waals surface area contributed by atoms with Gasteiger partial charge in [0, 0.05) is 24.5 Å². The SMILES string of the molecule is C[C@@H](Oc1cccc(C#N)c1)C(=O)Nc1ccc(N2CCOCC2)cc1. The zero-order valence-corrected chi connectivity index (χ0v) is 14.6. The van der Waals surface area contributed by atoms with Crippen LogP contribution in [0.15, 0.2) is 48.5 Å². The molecule has 3 rings (SSSR count). The molecule has 1 amide bonds. The van der Waals surface area contributed by atoms with Gasteiger partial charge in [0.05, 0.1) is 24.8 Å². The number of nitrogens with zero attached hydrogens (tertiary/aromatic N) is 2. The minimum atomic E-state index is -0.678. The fourth-order valence-electron chi connectivity index (χ4n) is 2.72. The lowest BCUT2D eigenvalue weighted by atomic mass is 10.2. The molecule has 6 heteroatoms. The van der Waals surface area contributed by atoms with Gasteiger partial charge >= 0.3 is 0 Å². The number of carbonyl (C=O) groups excluding carboxylic acids is 1. The summed E-state index contributed by atoms with van der Waals surface area (Å²) in [6.45, 7) is 4.90. The first-order chi connectivity index (χ1) is 12.7. The molecule has 134 valence electrons. The first kappa shape index (κ1) is 17.8. The summed E-state index contributed by atoms with van der Waals surface area (Å²) in [5, 5.41) is 11.8. The molecule has 26 heavy (non-hydrogen) atoms. The Labute approximate surface area is 152 Å². The molecule has 1 saturated heterocycles. The number of carbonyl (C=O) groups is 1. The van der Waals surface area contributed by atoms with E-state index >= 15 is 0 Å². The minimum absolute atomic E-state index is 0.244. The molecule has 1 atom stereocenters. The Hall–Kier alpha value is -3.04. The van der Waals surface area contributed by atoms with Crippen LogP contribution in [-0.4, -0.2) is 38.3 Å². The molecule has 1 N–H and O–H groups in total. The van der Waals surface area contributed by atoms with E-state index in [1.54, 1.807) is 31.2 Å². The van der Waals surface area contributed by atoms with Crippen LogP contribution in [0.4, 0.5) is 11.4 Å². The Morgan fingerprint density at radius 3 is 2.65 bits per heavy atom. The molecule has 1 aliphatic rings. The van der Waals surface area contributed by atoms with Crippen LogP contribution < -0.4 is 15.0 Å². The number of rotatable bonds is 5. The van der Waals surface area contributed by atoms with Crippen molar-refractivity contribution in [3.05, 3.63) is 54.1 Å². The highest BCUT2D eigenvalue weighted by molar-refractivity contribution is 5.94. The summed E-state index contributed by atoms with van der Waals surface area (Å²) in [7, 11) is 0. The summed E-state index contributed by atoms with van der Waals surface area (Å²) in [5.74, 6) is 0.251. The van der Waals surface area contributed by atoms with Crippen LogP contribution in [0.5, 0.6) is 5.75 Å². The standard InChI is InChI=1S/C20H21N3O3/c1-15(26-19-4-2-3-16(13-19)14-21)20(24)22-17-5-7-18(8-6-17)23-9-11-25-12-10-23/h2-8,13,15H,9-12H2,1H3,(H,22,24)/t15-/m1/s1. The maximum absolute atomic E-state index is 12.3. The van der Waals surface area contributed by atoms with Crippen molar-refractivity contribution in [2.45, 2.75) is 13.0 Å². The molecule has 0 spiro atoms. The van der Waals surface area contributed by atoms with Crippen LogP contribution in [-0.2, 0) is 9.53 Å². The number of ether oxygens (including phenoxy) is 2. The van der Waals surface area contributed by atoms with Crippen molar-refractivity contribution < 1.29 is 14.3 Å². The van der Waals surface area contributed by atoms with Crippen LogP contribution in [0.2, 0.25) is 0 Å². The normalized spacial score (nSPS) is 15.0. The molecule has 6 nitrogen and oxygen atoms in total. The molecule has 0 bridgehead atoms. The second-order valence-electron chi connectivity index (χ2n) is 6.04. The molecule has 0 aliphatic carbocycles. The Morgan fingerprint density at radius 2 is 1.96 bits per heavy atom. The van der Waals surface area contributed by atoms with Gasteiger partial charge in [-0.15, -0.1) is 0 Å².